The highest BCUT2D eigenvalue weighted by atomic mass is 32.2. The third-order valence-electron chi connectivity index (χ3n) is 4.31. The highest BCUT2D eigenvalue weighted by Crippen LogP contribution is 2.21. The number of amides is 1. The third-order valence-corrected chi connectivity index (χ3v) is 6.58. The zero-order chi connectivity index (χ0) is 20.7. The van der Waals surface area contributed by atoms with Gasteiger partial charge >= 0.3 is 0 Å². The molecule has 1 N–H and O–H groups in total. The first kappa shape index (κ1) is 22.3. The van der Waals surface area contributed by atoms with E-state index >= 15 is 0 Å². The minimum atomic E-state index is -3.58. The summed E-state index contributed by atoms with van der Waals surface area (Å²) in [4.78, 5) is 12.5. The van der Waals surface area contributed by atoms with E-state index in [9.17, 15) is 13.2 Å². The molecular weight excluding hydrogens is 392 g/mol. The Kier molecular flexibility index (Phi) is 7.95. The number of aryl methyl sites for hydroxylation is 2. The Morgan fingerprint density at radius 3 is 2.11 bits per heavy atom. The fourth-order valence-electron chi connectivity index (χ4n) is 2.77. The Morgan fingerprint density at radius 1 is 1.04 bits per heavy atom. The standard InChI is InChI=1S/C21H28N2O3S2/c1-16-5-9-19(10-6-16)15-27-14-13-22-21(24)18(3)23(28(4,25)26)20-11-7-17(2)8-12-20/h5-12,18H,13-15H2,1-4H3,(H,22,24)/t18-/m1/s1. The molecule has 0 aromatic heterocycles. The fourth-order valence-corrected chi connectivity index (χ4v) is 4.76. The third kappa shape index (κ3) is 6.56. The number of benzene rings is 2. The van der Waals surface area contributed by atoms with Gasteiger partial charge in [0.15, 0.2) is 0 Å². The molecular formula is C21H28N2O3S2. The average Bonchev–Trinajstić information content (AvgIpc) is 2.63. The van der Waals surface area contributed by atoms with Crippen molar-refractivity contribution in [1.82, 2.24) is 5.32 Å². The van der Waals surface area contributed by atoms with E-state index < -0.39 is 16.1 Å². The number of carbonyl (C=O) groups excluding carboxylic acids is 1. The van der Waals surface area contributed by atoms with Gasteiger partial charge in [0, 0.05) is 18.1 Å². The summed E-state index contributed by atoms with van der Waals surface area (Å²) in [7, 11) is -3.58. The number of carbonyl (C=O) groups is 1. The second-order valence-electron chi connectivity index (χ2n) is 6.90. The molecule has 0 aliphatic rings. The normalized spacial score (nSPS) is 12.4. The number of hydrogen-bond acceptors (Lipinski definition) is 4. The lowest BCUT2D eigenvalue weighted by Gasteiger charge is -2.28. The highest BCUT2D eigenvalue weighted by molar-refractivity contribution is 7.98. The van der Waals surface area contributed by atoms with Crippen LogP contribution in [0.5, 0.6) is 0 Å². The minimum absolute atomic E-state index is 0.304. The van der Waals surface area contributed by atoms with Gasteiger partial charge in [0.1, 0.15) is 6.04 Å². The fraction of sp³-hybridized carbons (Fsp3) is 0.381. The van der Waals surface area contributed by atoms with Gasteiger partial charge in [0.25, 0.3) is 0 Å². The molecule has 0 aliphatic heterocycles. The highest BCUT2D eigenvalue weighted by Gasteiger charge is 2.28. The summed E-state index contributed by atoms with van der Waals surface area (Å²) >= 11 is 1.73. The average molecular weight is 421 g/mol. The van der Waals surface area contributed by atoms with Crippen LogP contribution in [0, 0.1) is 13.8 Å². The topological polar surface area (TPSA) is 66.5 Å². The molecule has 2 aromatic rings. The van der Waals surface area contributed by atoms with Gasteiger partial charge in [-0.25, -0.2) is 8.42 Å². The maximum atomic E-state index is 12.5. The SMILES string of the molecule is Cc1ccc(CSCCNC(=O)[C@@H](C)N(c2ccc(C)cc2)S(C)(=O)=O)cc1. The number of thioether (sulfide) groups is 1. The van der Waals surface area contributed by atoms with Crippen LogP contribution in [0.15, 0.2) is 48.5 Å². The predicted molar refractivity (Wildman–Crippen MR) is 118 cm³/mol. The van der Waals surface area contributed by atoms with Gasteiger partial charge in [-0.3, -0.25) is 9.10 Å². The predicted octanol–water partition coefficient (Wildman–Crippen LogP) is 3.51. The summed E-state index contributed by atoms with van der Waals surface area (Å²) in [6.07, 6.45) is 1.12. The zero-order valence-electron chi connectivity index (χ0n) is 16.8. The van der Waals surface area contributed by atoms with E-state index in [4.69, 9.17) is 0 Å². The Bertz CT molecular complexity index is 879. The molecule has 5 nitrogen and oxygen atoms in total. The van der Waals surface area contributed by atoms with Crippen LogP contribution in [0.25, 0.3) is 0 Å². The van der Waals surface area contributed by atoms with E-state index in [1.807, 2.05) is 19.1 Å². The number of rotatable bonds is 9. The molecule has 0 aliphatic carbocycles. The Hall–Kier alpha value is -1.99. The van der Waals surface area contributed by atoms with Crippen molar-refractivity contribution < 1.29 is 13.2 Å². The molecule has 2 aromatic carbocycles. The van der Waals surface area contributed by atoms with Crippen LogP contribution < -0.4 is 9.62 Å². The van der Waals surface area contributed by atoms with Gasteiger partial charge in [-0.1, -0.05) is 47.5 Å². The molecule has 7 heteroatoms. The molecule has 28 heavy (non-hydrogen) atoms. The lowest BCUT2D eigenvalue weighted by Crippen LogP contribution is -2.48. The van der Waals surface area contributed by atoms with Gasteiger partial charge in [-0.2, -0.15) is 11.8 Å². The van der Waals surface area contributed by atoms with E-state index in [2.05, 4.69) is 36.5 Å². The molecule has 0 bridgehead atoms. The lowest BCUT2D eigenvalue weighted by molar-refractivity contribution is -0.121. The summed E-state index contributed by atoms with van der Waals surface area (Å²) < 4.78 is 25.7. The van der Waals surface area contributed by atoms with E-state index in [-0.39, 0.29) is 5.91 Å². The maximum absolute atomic E-state index is 12.5. The minimum Gasteiger partial charge on any atom is -0.353 e. The van der Waals surface area contributed by atoms with Crippen molar-refractivity contribution in [2.75, 3.05) is 22.9 Å². The zero-order valence-corrected chi connectivity index (χ0v) is 18.4. The first-order chi connectivity index (χ1) is 13.2. The second-order valence-corrected chi connectivity index (χ2v) is 9.86. The van der Waals surface area contributed by atoms with Crippen molar-refractivity contribution in [1.29, 1.82) is 0 Å². The molecule has 152 valence electrons. The van der Waals surface area contributed by atoms with E-state index in [0.717, 1.165) is 23.3 Å². The number of nitrogens with one attached hydrogen (secondary N) is 1. The van der Waals surface area contributed by atoms with Gasteiger partial charge in [-0.05, 0) is 38.5 Å². The largest absolute Gasteiger partial charge is 0.353 e. The summed E-state index contributed by atoms with van der Waals surface area (Å²) in [5.74, 6) is 1.34. The number of nitrogens with zero attached hydrogens (tertiary/aromatic N) is 1. The molecule has 0 saturated heterocycles. The molecule has 0 spiro atoms. The van der Waals surface area contributed by atoms with Gasteiger partial charge < -0.3 is 5.32 Å². The van der Waals surface area contributed by atoms with E-state index in [1.54, 1.807) is 30.8 Å². The Balaban J connectivity index is 1.88. The molecule has 0 radical (unpaired) electrons. The Labute approximate surface area is 172 Å². The lowest BCUT2D eigenvalue weighted by atomic mass is 10.2. The quantitative estimate of drug-likeness (QED) is 0.631. The molecule has 2 rings (SSSR count). The summed E-state index contributed by atoms with van der Waals surface area (Å²) in [6, 6.07) is 14.7. The summed E-state index contributed by atoms with van der Waals surface area (Å²) in [5.41, 5.74) is 4.00. The second kappa shape index (κ2) is 9.98. The van der Waals surface area contributed by atoms with Crippen molar-refractivity contribution >= 4 is 33.4 Å². The molecule has 0 fully saturated rings. The van der Waals surface area contributed by atoms with Gasteiger partial charge in [0.05, 0.1) is 11.9 Å². The first-order valence-corrected chi connectivity index (χ1v) is 12.2. The van der Waals surface area contributed by atoms with Crippen molar-refractivity contribution in [2.24, 2.45) is 0 Å². The maximum Gasteiger partial charge on any atom is 0.243 e. The van der Waals surface area contributed by atoms with Crippen LogP contribution in [0.3, 0.4) is 0 Å². The van der Waals surface area contributed by atoms with Crippen molar-refractivity contribution in [3.8, 4) is 0 Å². The number of anilines is 1. The molecule has 1 amide bonds. The van der Waals surface area contributed by atoms with Crippen molar-refractivity contribution in [2.45, 2.75) is 32.6 Å². The number of hydrogen-bond donors (Lipinski definition) is 1. The molecule has 0 unspecified atom stereocenters. The van der Waals surface area contributed by atoms with Crippen LogP contribution in [-0.2, 0) is 20.6 Å². The van der Waals surface area contributed by atoms with Crippen molar-refractivity contribution in [3.05, 3.63) is 65.2 Å². The van der Waals surface area contributed by atoms with Crippen LogP contribution in [0.2, 0.25) is 0 Å². The molecule has 0 saturated carbocycles. The van der Waals surface area contributed by atoms with Crippen LogP contribution in [0.1, 0.15) is 23.6 Å². The summed E-state index contributed by atoms with van der Waals surface area (Å²) in [6.45, 7) is 6.09. The van der Waals surface area contributed by atoms with Crippen LogP contribution >= 0.6 is 11.8 Å². The van der Waals surface area contributed by atoms with Crippen LogP contribution in [0.4, 0.5) is 5.69 Å². The smallest absolute Gasteiger partial charge is 0.243 e. The molecule has 0 heterocycles. The monoisotopic (exact) mass is 420 g/mol. The Morgan fingerprint density at radius 2 is 1.57 bits per heavy atom. The van der Waals surface area contributed by atoms with E-state index in [1.165, 1.54) is 15.4 Å². The van der Waals surface area contributed by atoms with Gasteiger partial charge in [-0.15, -0.1) is 0 Å². The van der Waals surface area contributed by atoms with Crippen LogP contribution in [-0.4, -0.2) is 38.9 Å². The van der Waals surface area contributed by atoms with Crippen molar-refractivity contribution in [3.63, 3.8) is 0 Å². The molecule has 1 atom stereocenters. The first-order valence-electron chi connectivity index (χ1n) is 9.15. The van der Waals surface area contributed by atoms with E-state index in [0.29, 0.717) is 12.2 Å². The van der Waals surface area contributed by atoms with Gasteiger partial charge in [0.2, 0.25) is 15.9 Å². The summed E-state index contributed by atoms with van der Waals surface area (Å²) in [5, 5.41) is 2.85. The number of sulfonamides is 1.